The van der Waals surface area contributed by atoms with Gasteiger partial charge in [0.15, 0.2) is 5.78 Å². The van der Waals surface area contributed by atoms with E-state index < -0.39 is 5.82 Å². The van der Waals surface area contributed by atoms with Crippen molar-refractivity contribution < 1.29 is 14.0 Å². The number of halogens is 2. The highest BCUT2D eigenvalue weighted by atomic mass is 79.9. The second-order valence-electron chi connectivity index (χ2n) is 4.07. The molecule has 104 valence electrons. The molecule has 0 aliphatic carbocycles. The summed E-state index contributed by atoms with van der Waals surface area (Å²) in [6.07, 6.45) is 0.150. The molecule has 6 heteroatoms. The Bertz CT molecular complexity index is 628. The maximum Gasteiger partial charge on any atom is 0.224 e. The van der Waals surface area contributed by atoms with Crippen LogP contribution in [0.4, 0.5) is 10.1 Å². The molecule has 0 fully saturated rings. The van der Waals surface area contributed by atoms with Gasteiger partial charge in [0.1, 0.15) is 5.82 Å². The van der Waals surface area contributed by atoms with Crippen LogP contribution in [0.1, 0.15) is 22.5 Å². The Labute approximate surface area is 127 Å². The molecule has 0 atom stereocenters. The summed E-state index contributed by atoms with van der Waals surface area (Å²) < 4.78 is 14.1. The smallest absolute Gasteiger partial charge is 0.224 e. The summed E-state index contributed by atoms with van der Waals surface area (Å²) in [5.74, 6) is -0.972. The zero-order valence-corrected chi connectivity index (χ0v) is 12.8. The average molecular weight is 356 g/mol. The standard InChI is InChI=1S/C14H11BrFNO2S/c15-9-3-4-11(10(16)8-9)17-14(19)6-5-12(18)13-2-1-7-20-13/h1-4,7-8H,5-6H2,(H,17,19). The van der Waals surface area contributed by atoms with Gasteiger partial charge in [0.05, 0.1) is 10.6 Å². The van der Waals surface area contributed by atoms with Crippen LogP contribution in [0, 0.1) is 5.82 Å². The van der Waals surface area contributed by atoms with E-state index in [0.717, 1.165) is 0 Å². The van der Waals surface area contributed by atoms with Crippen LogP contribution in [0.5, 0.6) is 0 Å². The molecule has 0 aliphatic rings. The van der Waals surface area contributed by atoms with Crippen molar-refractivity contribution >= 4 is 44.6 Å². The molecule has 1 N–H and O–H groups in total. The van der Waals surface area contributed by atoms with Crippen molar-refractivity contribution in [1.29, 1.82) is 0 Å². The molecule has 2 rings (SSSR count). The molecule has 0 saturated carbocycles. The summed E-state index contributed by atoms with van der Waals surface area (Å²) in [6, 6.07) is 7.88. The van der Waals surface area contributed by atoms with E-state index in [1.165, 1.54) is 23.5 Å². The predicted molar refractivity (Wildman–Crippen MR) is 80.6 cm³/mol. The number of benzene rings is 1. The van der Waals surface area contributed by atoms with Crippen LogP contribution < -0.4 is 5.32 Å². The van der Waals surface area contributed by atoms with Gasteiger partial charge >= 0.3 is 0 Å². The van der Waals surface area contributed by atoms with E-state index in [1.54, 1.807) is 18.2 Å². The zero-order chi connectivity index (χ0) is 14.5. The van der Waals surface area contributed by atoms with E-state index in [2.05, 4.69) is 21.2 Å². The number of thiophene rings is 1. The van der Waals surface area contributed by atoms with Crippen LogP contribution in [-0.2, 0) is 4.79 Å². The maximum absolute atomic E-state index is 13.5. The van der Waals surface area contributed by atoms with Crippen molar-refractivity contribution in [3.05, 3.63) is 50.9 Å². The minimum atomic E-state index is -0.516. The fourth-order valence-electron chi connectivity index (χ4n) is 1.59. The Morgan fingerprint density at radius 3 is 2.70 bits per heavy atom. The van der Waals surface area contributed by atoms with Gasteiger partial charge in [-0.1, -0.05) is 22.0 Å². The lowest BCUT2D eigenvalue weighted by Crippen LogP contribution is -2.14. The van der Waals surface area contributed by atoms with Crippen molar-refractivity contribution in [2.45, 2.75) is 12.8 Å². The highest BCUT2D eigenvalue weighted by molar-refractivity contribution is 9.10. The van der Waals surface area contributed by atoms with Gasteiger partial charge in [0, 0.05) is 17.3 Å². The third-order valence-corrected chi connectivity index (χ3v) is 3.98. The first kappa shape index (κ1) is 14.9. The fourth-order valence-corrected chi connectivity index (χ4v) is 2.62. The SMILES string of the molecule is O=C(CCC(=O)c1cccs1)Nc1ccc(Br)cc1F. The van der Waals surface area contributed by atoms with Crippen LogP contribution in [-0.4, -0.2) is 11.7 Å². The molecule has 20 heavy (non-hydrogen) atoms. The number of carbonyl (C=O) groups is 2. The number of rotatable bonds is 5. The lowest BCUT2D eigenvalue weighted by molar-refractivity contribution is -0.116. The van der Waals surface area contributed by atoms with Crippen LogP contribution in [0.25, 0.3) is 0 Å². The van der Waals surface area contributed by atoms with Gasteiger partial charge in [0.2, 0.25) is 5.91 Å². The van der Waals surface area contributed by atoms with E-state index in [0.29, 0.717) is 9.35 Å². The van der Waals surface area contributed by atoms with Gasteiger partial charge in [-0.2, -0.15) is 0 Å². The lowest BCUT2D eigenvalue weighted by Gasteiger charge is -2.06. The minimum absolute atomic E-state index is 0.0340. The van der Waals surface area contributed by atoms with Crippen LogP contribution in [0.3, 0.4) is 0 Å². The van der Waals surface area contributed by atoms with Crippen LogP contribution >= 0.6 is 27.3 Å². The number of carbonyl (C=O) groups excluding carboxylic acids is 2. The number of hydrogen-bond acceptors (Lipinski definition) is 3. The molecule has 2 aromatic rings. The summed E-state index contributed by atoms with van der Waals surface area (Å²) in [5, 5.41) is 4.26. The first-order chi connectivity index (χ1) is 9.56. The number of ketones is 1. The molecule has 0 unspecified atom stereocenters. The number of anilines is 1. The van der Waals surface area contributed by atoms with E-state index >= 15 is 0 Å². The monoisotopic (exact) mass is 355 g/mol. The Kier molecular flexibility index (Phi) is 5.03. The van der Waals surface area contributed by atoms with E-state index in [-0.39, 0.29) is 30.2 Å². The largest absolute Gasteiger partial charge is 0.324 e. The average Bonchev–Trinajstić information content (AvgIpc) is 2.93. The third-order valence-electron chi connectivity index (χ3n) is 2.58. The molecule has 1 amide bonds. The highest BCUT2D eigenvalue weighted by Gasteiger charge is 2.11. The number of hydrogen-bond donors (Lipinski definition) is 1. The van der Waals surface area contributed by atoms with Gasteiger partial charge in [-0.05, 0) is 29.6 Å². The van der Waals surface area contributed by atoms with Crippen molar-refractivity contribution in [1.82, 2.24) is 0 Å². The Morgan fingerprint density at radius 1 is 1.25 bits per heavy atom. The zero-order valence-electron chi connectivity index (χ0n) is 10.4. The molecule has 3 nitrogen and oxygen atoms in total. The van der Waals surface area contributed by atoms with E-state index in [1.807, 2.05) is 5.38 Å². The summed E-state index contributed by atoms with van der Waals surface area (Å²) in [5.41, 5.74) is 0.113. The lowest BCUT2D eigenvalue weighted by atomic mass is 10.2. The predicted octanol–water partition coefficient (Wildman–Crippen LogP) is 4.25. The van der Waals surface area contributed by atoms with E-state index in [9.17, 15) is 14.0 Å². The number of nitrogens with one attached hydrogen (secondary N) is 1. The molecule has 1 aromatic heterocycles. The first-order valence-corrected chi connectivity index (χ1v) is 7.55. The van der Waals surface area contributed by atoms with Gasteiger partial charge in [-0.25, -0.2) is 4.39 Å². The molecule has 0 bridgehead atoms. The molecule has 0 saturated heterocycles. The maximum atomic E-state index is 13.5. The Balaban J connectivity index is 1.88. The molecule has 1 aromatic carbocycles. The van der Waals surface area contributed by atoms with Crippen LogP contribution in [0.15, 0.2) is 40.2 Å². The fraction of sp³-hybridized carbons (Fsp3) is 0.143. The second-order valence-corrected chi connectivity index (χ2v) is 5.94. The summed E-state index contributed by atoms with van der Waals surface area (Å²) in [7, 11) is 0. The number of amides is 1. The topological polar surface area (TPSA) is 46.2 Å². The molecule has 0 spiro atoms. The second kappa shape index (κ2) is 6.76. The van der Waals surface area contributed by atoms with Crippen LogP contribution in [0.2, 0.25) is 0 Å². The summed E-state index contributed by atoms with van der Waals surface area (Å²) in [6.45, 7) is 0. The number of Topliss-reactive ketones (excluding diaryl/α,β-unsaturated/α-hetero) is 1. The summed E-state index contributed by atoms with van der Waals surface area (Å²) >= 11 is 4.48. The minimum Gasteiger partial charge on any atom is -0.324 e. The summed E-state index contributed by atoms with van der Waals surface area (Å²) in [4.78, 5) is 24.0. The molecule has 0 radical (unpaired) electrons. The van der Waals surface area contributed by atoms with Crippen molar-refractivity contribution in [2.75, 3.05) is 5.32 Å². The van der Waals surface area contributed by atoms with Gasteiger partial charge in [-0.15, -0.1) is 11.3 Å². The highest BCUT2D eigenvalue weighted by Crippen LogP contribution is 2.20. The quantitative estimate of drug-likeness (QED) is 0.814. The first-order valence-electron chi connectivity index (χ1n) is 5.88. The Morgan fingerprint density at radius 2 is 2.05 bits per heavy atom. The molecule has 1 heterocycles. The van der Waals surface area contributed by atoms with Crippen molar-refractivity contribution in [3.63, 3.8) is 0 Å². The normalized spacial score (nSPS) is 10.3. The Hall–Kier alpha value is -1.53. The van der Waals surface area contributed by atoms with Gasteiger partial charge in [-0.3, -0.25) is 9.59 Å². The molecular weight excluding hydrogens is 345 g/mol. The van der Waals surface area contributed by atoms with Crippen molar-refractivity contribution in [3.8, 4) is 0 Å². The van der Waals surface area contributed by atoms with Gasteiger partial charge in [0.25, 0.3) is 0 Å². The molecule has 0 aliphatic heterocycles. The molecular formula is C14H11BrFNO2S. The van der Waals surface area contributed by atoms with Crippen molar-refractivity contribution in [2.24, 2.45) is 0 Å². The van der Waals surface area contributed by atoms with E-state index in [4.69, 9.17) is 0 Å². The third kappa shape index (κ3) is 3.98. The van der Waals surface area contributed by atoms with Gasteiger partial charge < -0.3 is 5.32 Å².